The standard InChI is InChI=1S/C17H15BrO3S2/c18-13-3-7-14(8-4-13)20-11-16(19)21-15-5-1-12(2-6-15)17-22-9-10-23-17/h1-8,17H,9-11H2. The summed E-state index contributed by atoms with van der Waals surface area (Å²) in [6, 6.07) is 15.0. The van der Waals surface area contributed by atoms with Crippen LogP contribution in [-0.4, -0.2) is 24.1 Å². The molecule has 3 nitrogen and oxygen atoms in total. The van der Waals surface area contributed by atoms with Crippen LogP contribution in [0.2, 0.25) is 0 Å². The molecule has 0 spiro atoms. The van der Waals surface area contributed by atoms with Crippen LogP contribution in [0.15, 0.2) is 53.0 Å². The molecule has 3 rings (SSSR count). The largest absolute Gasteiger partial charge is 0.482 e. The average molecular weight is 411 g/mol. The molecule has 2 aromatic rings. The molecule has 0 amide bonds. The van der Waals surface area contributed by atoms with Gasteiger partial charge in [-0.05, 0) is 42.0 Å². The molecule has 120 valence electrons. The topological polar surface area (TPSA) is 35.5 Å². The van der Waals surface area contributed by atoms with E-state index in [0.29, 0.717) is 16.1 Å². The summed E-state index contributed by atoms with van der Waals surface area (Å²) in [5.74, 6) is 3.16. The molecular weight excluding hydrogens is 396 g/mol. The quantitative estimate of drug-likeness (QED) is 0.516. The highest BCUT2D eigenvalue weighted by Gasteiger charge is 2.18. The molecule has 0 saturated carbocycles. The van der Waals surface area contributed by atoms with Crippen molar-refractivity contribution in [3.63, 3.8) is 0 Å². The van der Waals surface area contributed by atoms with Gasteiger partial charge in [-0.1, -0.05) is 28.1 Å². The molecule has 0 aliphatic carbocycles. The lowest BCUT2D eigenvalue weighted by Gasteiger charge is -2.10. The molecule has 6 heteroatoms. The van der Waals surface area contributed by atoms with Crippen molar-refractivity contribution in [3.05, 3.63) is 58.6 Å². The maximum absolute atomic E-state index is 11.8. The van der Waals surface area contributed by atoms with Crippen molar-refractivity contribution < 1.29 is 14.3 Å². The molecule has 0 radical (unpaired) electrons. The summed E-state index contributed by atoms with van der Waals surface area (Å²) in [4.78, 5) is 11.8. The van der Waals surface area contributed by atoms with E-state index in [-0.39, 0.29) is 6.61 Å². The van der Waals surface area contributed by atoms with E-state index in [1.807, 2.05) is 59.9 Å². The summed E-state index contributed by atoms with van der Waals surface area (Å²) in [7, 11) is 0. The highest BCUT2D eigenvalue weighted by atomic mass is 79.9. The maximum atomic E-state index is 11.8. The normalized spacial score (nSPS) is 14.7. The second-order valence-electron chi connectivity index (χ2n) is 4.86. The van der Waals surface area contributed by atoms with Gasteiger partial charge in [0.1, 0.15) is 11.5 Å². The fraction of sp³-hybridized carbons (Fsp3) is 0.235. The number of benzene rings is 2. The van der Waals surface area contributed by atoms with Gasteiger partial charge in [0.2, 0.25) is 0 Å². The summed E-state index contributed by atoms with van der Waals surface area (Å²) in [6.45, 7) is -0.113. The van der Waals surface area contributed by atoms with E-state index in [2.05, 4.69) is 15.9 Å². The molecule has 1 aliphatic rings. The first-order valence-corrected chi connectivity index (χ1v) is 10.0. The number of ether oxygens (including phenoxy) is 2. The van der Waals surface area contributed by atoms with E-state index < -0.39 is 5.97 Å². The van der Waals surface area contributed by atoms with Crippen molar-refractivity contribution in [3.8, 4) is 11.5 Å². The van der Waals surface area contributed by atoms with Gasteiger partial charge < -0.3 is 9.47 Å². The number of halogens is 1. The molecule has 0 N–H and O–H groups in total. The molecule has 23 heavy (non-hydrogen) atoms. The third-order valence-corrected chi connectivity index (χ3v) is 6.81. The summed E-state index contributed by atoms with van der Waals surface area (Å²) < 4.78 is 12.2. The maximum Gasteiger partial charge on any atom is 0.349 e. The Hall–Kier alpha value is -1.11. The molecule has 0 unspecified atom stereocenters. The Bertz CT molecular complexity index is 653. The number of carbonyl (C=O) groups is 1. The van der Waals surface area contributed by atoms with E-state index in [4.69, 9.17) is 9.47 Å². The first-order chi connectivity index (χ1) is 11.2. The minimum absolute atomic E-state index is 0.113. The van der Waals surface area contributed by atoms with Crippen LogP contribution in [0, 0.1) is 0 Å². The third kappa shape index (κ3) is 4.93. The van der Waals surface area contributed by atoms with Crippen molar-refractivity contribution in [1.82, 2.24) is 0 Å². The van der Waals surface area contributed by atoms with E-state index >= 15 is 0 Å². The number of hydrogen-bond donors (Lipinski definition) is 0. The second kappa shape index (κ2) is 8.13. The van der Waals surface area contributed by atoms with Crippen LogP contribution in [-0.2, 0) is 4.79 Å². The van der Waals surface area contributed by atoms with E-state index in [1.165, 1.54) is 17.1 Å². The summed E-state index contributed by atoms with van der Waals surface area (Å²) in [5.41, 5.74) is 1.27. The van der Waals surface area contributed by atoms with Gasteiger partial charge in [0.15, 0.2) is 6.61 Å². The first kappa shape index (κ1) is 16.7. The van der Waals surface area contributed by atoms with Gasteiger partial charge in [-0.2, -0.15) is 0 Å². The number of hydrogen-bond acceptors (Lipinski definition) is 5. The van der Waals surface area contributed by atoms with Crippen LogP contribution in [0.1, 0.15) is 10.1 Å². The van der Waals surface area contributed by atoms with Crippen LogP contribution in [0.4, 0.5) is 0 Å². The van der Waals surface area contributed by atoms with Crippen molar-refractivity contribution in [2.45, 2.75) is 4.58 Å². The minimum atomic E-state index is -0.412. The van der Waals surface area contributed by atoms with Crippen molar-refractivity contribution in [2.75, 3.05) is 18.1 Å². The zero-order valence-corrected chi connectivity index (χ0v) is 15.5. The lowest BCUT2D eigenvalue weighted by molar-refractivity contribution is -0.136. The van der Waals surface area contributed by atoms with Crippen LogP contribution < -0.4 is 9.47 Å². The Morgan fingerprint density at radius 2 is 1.61 bits per heavy atom. The highest BCUT2D eigenvalue weighted by Crippen LogP contribution is 2.45. The number of carbonyl (C=O) groups excluding carboxylic acids is 1. The average Bonchev–Trinajstić information content (AvgIpc) is 3.09. The van der Waals surface area contributed by atoms with Crippen LogP contribution in [0.25, 0.3) is 0 Å². The van der Waals surface area contributed by atoms with Gasteiger partial charge in [0.25, 0.3) is 0 Å². The molecular formula is C17H15BrO3S2. The predicted molar refractivity (Wildman–Crippen MR) is 99.4 cm³/mol. The van der Waals surface area contributed by atoms with E-state index in [0.717, 1.165) is 4.47 Å². The van der Waals surface area contributed by atoms with Gasteiger partial charge in [0, 0.05) is 16.0 Å². The van der Waals surface area contributed by atoms with Crippen LogP contribution in [0.3, 0.4) is 0 Å². The molecule has 1 saturated heterocycles. The van der Waals surface area contributed by atoms with Crippen molar-refractivity contribution >= 4 is 45.4 Å². The van der Waals surface area contributed by atoms with E-state index in [9.17, 15) is 4.79 Å². The predicted octanol–water partition coefficient (Wildman–Crippen LogP) is 4.91. The molecule has 1 fully saturated rings. The summed E-state index contributed by atoms with van der Waals surface area (Å²) in [5, 5.41) is 0. The zero-order valence-electron chi connectivity index (χ0n) is 12.2. The third-order valence-electron chi connectivity index (χ3n) is 3.18. The zero-order chi connectivity index (χ0) is 16.1. The highest BCUT2D eigenvalue weighted by molar-refractivity contribution is 9.10. The summed E-state index contributed by atoms with van der Waals surface area (Å²) >= 11 is 7.26. The lowest BCUT2D eigenvalue weighted by Crippen LogP contribution is -2.17. The summed E-state index contributed by atoms with van der Waals surface area (Å²) in [6.07, 6.45) is 0. The van der Waals surface area contributed by atoms with Gasteiger partial charge in [-0.15, -0.1) is 23.5 Å². The Morgan fingerprint density at radius 3 is 2.26 bits per heavy atom. The van der Waals surface area contributed by atoms with Gasteiger partial charge in [-0.3, -0.25) is 0 Å². The SMILES string of the molecule is O=C(COc1ccc(Br)cc1)Oc1ccc(C2SCCS2)cc1. The number of thioether (sulfide) groups is 2. The van der Waals surface area contributed by atoms with Gasteiger partial charge in [-0.25, -0.2) is 4.79 Å². The molecule has 0 aromatic heterocycles. The van der Waals surface area contributed by atoms with Crippen LogP contribution in [0.5, 0.6) is 11.5 Å². The smallest absolute Gasteiger partial charge is 0.349 e. The number of esters is 1. The molecule has 2 aromatic carbocycles. The Morgan fingerprint density at radius 1 is 1.00 bits per heavy atom. The molecule has 1 aliphatic heterocycles. The Labute approximate surface area is 152 Å². The number of rotatable bonds is 5. The van der Waals surface area contributed by atoms with Crippen molar-refractivity contribution in [1.29, 1.82) is 0 Å². The fourth-order valence-corrected chi connectivity index (χ4v) is 5.20. The fourth-order valence-electron chi connectivity index (χ4n) is 2.08. The molecule has 1 heterocycles. The van der Waals surface area contributed by atoms with Crippen molar-refractivity contribution in [2.24, 2.45) is 0 Å². The first-order valence-electron chi connectivity index (χ1n) is 7.13. The lowest BCUT2D eigenvalue weighted by atomic mass is 10.2. The van der Waals surface area contributed by atoms with Gasteiger partial charge in [0.05, 0.1) is 4.58 Å². The monoisotopic (exact) mass is 410 g/mol. The second-order valence-corrected chi connectivity index (χ2v) is 8.50. The van der Waals surface area contributed by atoms with Gasteiger partial charge >= 0.3 is 5.97 Å². The Kier molecular flexibility index (Phi) is 5.91. The van der Waals surface area contributed by atoms with E-state index in [1.54, 1.807) is 12.1 Å². The molecule has 0 atom stereocenters. The molecule has 0 bridgehead atoms. The van der Waals surface area contributed by atoms with Crippen LogP contribution >= 0.6 is 39.5 Å². The Balaban J connectivity index is 1.50. The minimum Gasteiger partial charge on any atom is -0.482 e.